The third-order valence-corrected chi connectivity index (χ3v) is 6.34. The summed E-state index contributed by atoms with van der Waals surface area (Å²) < 4.78 is 6.15. The average molecular weight is 443 g/mol. The van der Waals surface area contributed by atoms with Crippen molar-refractivity contribution in [2.24, 2.45) is 0 Å². The summed E-state index contributed by atoms with van der Waals surface area (Å²) in [5, 5.41) is 0. The Morgan fingerprint density at radius 2 is 1.33 bits per heavy atom. The van der Waals surface area contributed by atoms with Crippen LogP contribution in [0.25, 0.3) is 0 Å². The number of piperazine rings is 1. The van der Waals surface area contributed by atoms with Crippen LogP contribution in [0.1, 0.15) is 41.6 Å². The van der Waals surface area contributed by atoms with E-state index in [4.69, 9.17) is 4.74 Å². The first-order chi connectivity index (χ1) is 16.0. The molecule has 1 heterocycles. The number of nitrogens with zero attached hydrogens (tertiary/aromatic N) is 2. The van der Waals surface area contributed by atoms with E-state index in [2.05, 4.69) is 85.5 Å². The zero-order chi connectivity index (χ0) is 23.2. The average Bonchev–Trinajstić information content (AvgIpc) is 2.83. The predicted molar refractivity (Wildman–Crippen MR) is 134 cm³/mol. The summed E-state index contributed by atoms with van der Waals surface area (Å²) in [4.78, 5) is 17.8. The molecular weight excluding hydrogens is 408 g/mol. The number of amides is 1. The second kappa shape index (κ2) is 10.7. The van der Waals surface area contributed by atoms with Gasteiger partial charge >= 0.3 is 0 Å². The smallest absolute Gasteiger partial charge is 0.263 e. The topological polar surface area (TPSA) is 32.8 Å². The van der Waals surface area contributed by atoms with Crippen molar-refractivity contribution < 1.29 is 9.53 Å². The van der Waals surface area contributed by atoms with Crippen molar-refractivity contribution in [3.63, 3.8) is 0 Å². The van der Waals surface area contributed by atoms with Gasteiger partial charge in [-0.15, -0.1) is 0 Å². The lowest BCUT2D eigenvalue weighted by Gasteiger charge is -2.40. The fraction of sp³-hybridized carbons (Fsp3) is 0.345. The molecule has 33 heavy (non-hydrogen) atoms. The summed E-state index contributed by atoms with van der Waals surface area (Å²) in [6.45, 7) is 9.21. The molecule has 4 heteroatoms. The Labute approximate surface area is 197 Å². The Kier molecular flexibility index (Phi) is 7.46. The molecule has 1 fully saturated rings. The van der Waals surface area contributed by atoms with Crippen LogP contribution in [0.3, 0.4) is 0 Å². The third-order valence-electron chi connectivity index (χ3n) is 6.34. The van der Waals surface area contributed by atoms with Crippen LogP contribution in [0, 0.1) is 13.8 Å². The van der Waals surface area contributed by atoms with E-state index in [1.54, 1.807) is 0 Å². The molecule has 0 aromatic heterocycles. The molecule has 0 spiro atoms. The lowest BCUT2D eigenvalue weighted by Crippen LogP contribution is -2.53. The number of benzene rings is 3. The molecule has 4 nitrogen and oxygen atoms in total. The molecule has 0 bridgehead atoms. The minimum Gasteiger partial charge on any atom is -0.481 e. The molecule has 1 aliphatic rings. The van der Waals surface area contributed by atoms with E-state index in [1.807, 2.05) is 24.0 Å². The molecule has 3 aromatic rings. The van der Waals surface area contributed by atoms with Crippen molar-refractivity contribution >= 4 is 5.91 Å². The van der Waals surface area contributed by atoms with Crippen LogP contribution in [0.4, 0.5) is 0 Å². The lowest BCUT2D eigenvalue weighted by molar-refractivity contribution is -0.140. The number of aryl methyl sites for hydroxylation is 2. The Hall–Kier alpha value is -3.11. The highest BCUT2D eigenvalue weighted by molar-refractivity contribution is 5.81. The molecular formula is C29H34N2O2. The van der Waals surface area contributed by atoms with Gasteiger partial charge in [-0.2, -0.15) is 0 Å². The van der Waals surface area contributed by atoms with Crippen molar-refractivity contribution in [2.75, 3.05) is 26.2 Å². The fourth-order valence-electron chi connectivity index (χ4n) is 4.76. The minimum atomic E-state index is -0.447. The minimum absolute atomic E-state index is 0.0901. The van der Waals surface area contributed by atoms with Gasteiger partial charge < -0.3 is 9.64 Å². The van der Waals surface area contributed by atoms with Gasteiger partial charge in [-0.1, -0.05) is 73.7 Å². The first-order valence-corrected chi connectivity index (χ1v) is 11.9. The molecule has 0 N–H and O–H groups in total. The Balaban J connectivity index is 1.44. The normalized spacial score (nSPS) is 15.5. The maximum absolute atomic E-state index is 13.3. The Morgan fingerprint density at radius 1 is 0.818 bits per heavy atom. The van der Waals surface area contributed by atoms with Gasteiger partial charge in [0, 0.05) is 26.2 Å². The first kappa shape index (κ1) is 23.1. The fourth-order valence-corrected chi connectivity index (χ4v) is 4.76. The van der Waals surface area contributed by atoms with E-state index in [1.165, 1.54) is 11.1 Å². The van der Waals surface area contributed by atoms with Crippen molar-refractivity contribution in [1.82, 2.24) is 9.80 Å². The van der Waals surface area contributed by atoms with Crippen LogP contribution in [0.2, 0.25) is 0 Å². The summed E-state index contributed by atoms with van der Waals surface area (Å²) in [5.41, 5.74) is 4.86. The van der Waals surface area contributed by atoms with Gasteiger partial charge in [0.1, 0.15) is 5.75 Å². The highest BCUT2D eigenvalue weighted by Gasteiger charge is 2.31. The van der Waals surface area contributed by atoms with Crippen LogP contribution in [-0.2, 0) is 4.79 Å². The van der Waals surface area contributed by atoms with E-state index in [0.29, 0.717) is 19.5 Å². The van der Waals surface area contributed by atoms with Gasteiger partial charge in [0.25, 0.3) is 5.91 Å². The maximum Gasteiger partial charge on any atom is 0.263 e. The lowest BCUT2D eigenvalue weighted by atomic mass is 9.96. The standard InChI is InChI=1S/C29H34N2O2/c1-4-27(33-26-20-22(2)19-23(3)21-26)29(32)31-17-15-30(16-18-31)28(24-11-7-5-8-12-24)25-13-9-6-10-14-25/h5-14,19-21,27-28H,4,15-18H2,1-3H3. The molecule has 1 atom stereocenters. The van der Waals surface area contributed by atoms with Crippen molar-refractivity contribution in [2.45, 2.75) is 39.3 Å². The van der Waals surface area contributed by atoms with Gasteiger partial charge in [0.05, 0.1) is 6.04 Å². The molecule has 0 aliphatic carbocycles. The summed E-state index contributed by atoms with van der Waals surface area (Å²) in [6, 6.07) is 27.6. The van der Waals surface area contributed by atoms with E-state index in [0.717, 1.165) is 30.0 Å². The third kappa shape index (κ3) is 5.63. The van der Waals surface area contributed by atoms with Gasteiger partial charge in [-0.25, -0.2) is 0 Å². The molecule has 1 saturated heterocycles. The Bertz CT molecular complexity index is 984. The SMILES string of the molecule is CCC(Oc1cc(C)cc(C)c1)C(=O)N1CCN(C(c2ccccc2)c2ccccc2)CC1. The number of carbonyl (C=O) groups excluding carboxylic acids is 1. The number of carbonyl (C=O) groups is 1. The van der Waals surface area contributed by atoms with Crippen LogP contribution in [0.15, 0.2) is 78.9 Å². The molecule has 172 valence electrons. The van der Waals surface area contributed by atoms with Gasteiger partial charge in [0.2, 0.25) is 0 Å². The first-order valence-electron chi connectivity index (χ1n) is 11.9. The zero-order valence-electron chi connectivity index (χ0n) is 19.9. The molecule has 1 amide bonds. The largest absolute Gasteiger partial charge is 0.481 e. The van der Waals surface area contributed by atoms with E-state index >= 15 is 0 Å². The second-order valence-corrected chi connectivity index (χ2v) is 8.92. The van der Waals surface area contributed by atoms with Crippen LogP contribution in [0.5, 0.6) is 5.75 Å². The van der Waals surface area contributed by atoms with Crippen LogP contribution < -0.4 is 4.74 Å². The second-order valence-electron chi connectivity index (χ2n) is 8.92. The maximum atomic E-state index is 13.3. The zero-order valence-corrected chi connectivity index (χ0v) is 19.9. The highest BCUT2D eigenvalue weighted by atomic mass is 16.5. The summed E-state index contributed by atoms with van der Waals surface area (Å²) in [7, 11) is 0. The van der Waals surface area contributed by atoms with Crippen molar-refractivity contribution in [3.8, 4) is 5.75 Å². The molecule has 0 saturated carbocycles. The number of hydrogen-bond donors (Lipinski definition) is 0. The highest BCUT2D eigenvalue weighted by Crippen LogP contribution is 2.29. The molecule has 4 rings (SSSR count). The van der Waals surface area contributed by atoms with E-state index in [-0.39, 0.29) is 11.9 Å². The molecule has 3 aromatic carbocycles. The van der Waals surface area contributed by atoms with Gasteiger partial charge in [0.15, 0.2) is 6.10 Å². The summed E-state index contributed by atoms with van der Waals surface area (Å²) >= 11 is 0. The van der Waals surface area contributed by atoms with Crippen molar-refractivity contribution in [3.05, 3.63) is 101 Å². The van der Waals surface area contributed by atoms with Crippen LogP contribution >= 0.6 is 0 Å². The van der Waals surface area contributed by atoms with Gasteiger partial charge in [-0.3, -0.25) is 9.69 Å². The molecule has 1 unspecified atom stereocenters. The number of ether oxygens (including phenoxy) is 1. The summed E-state index contributed by atoms with van der Waals surface area (Å²) in [6.07, 6.45) is 0.208. The number of rotatable bonds is 7. The van der Waals surface area contributed by atoms with Crippen molar-refractivity contribution in [1.29, 1.82) is 0 Å². The van der Waals surface area contributed by atoms with E-state index in [9.17, 15) is 4.79 Å². The molecule has 0 radical (unpaired) electrons. The van der Waals surface area contributed by atoms with Crippen LogP contribution in [-0.4, -0.2) is 48.0 Å². The summed E-state index contributed by atoms with van der Waals surface area (Å²) in [5.74, 6) is 0.867. The Morgan fingerprint density at radius 3 is 1.82 bits per heavy atom. The van der Waals surface area contributed by atoms with Gasteiger partial charge in [-0.05, 0) is 54.7 Å². The molecule has 1 aliphatic heterocycles. The van der Waals surface area contributed by atoms with E-state index < -0.39 is 6.10 Å². The number of hydrogen-bond acceptors (Lipinski definition) is 3. The monoisotopic (exact) mass is 442 g/mol. The quantitative estimate of drug-likeness (QED) is 0.491. The predicted octanol–water partition coefficient (Wildman–Crippen LogP) is 5.39.